The molecule has 0 bridgehead atoms. The van der Waals surface area contributed by atoms with Gasteiger partial charge in [0.25, 0.3) is 0 Å². The first-order valence-corrected chi connectivity index (χ1v) is 7.10. The molecule has 0 saturated carbocycles. The lowest BCUT2D eigenvalue weighted by atomic mass is 10.1. The van der Waals surface area contributed by atoms with Crippen molar-refractivity contribution in [3.05, 3.63) is 71.8 Å². The van der Waals surface area contributed by atoms with Gasteiger partial charge < -0.3 is 10.4 Å². The summed E-state index contributed by atoms with van der Waals surface area (Å²) in [5, 5.41) is 12.5. The molecule has 2 N–H and O–H groups in total. The van der Waals surface area contributed by atoms with Crippen LogP contribution in [0.2, 0.25) is 0 Å². The Bertz CT molecular complexity index is 460. The van der Waals surface area contributed by atoms with Crippen LogP contribution in [0.15, 0.2) is 55.2 Å². The predicted molar refractivity (Wildman–Crippen MR) is 86.5 cm³/mol. The van der Waals surface area contributed by atoms with E-state index in [2.05, 4.69) is 43.1 Å². The number of rotatable bonds is 9. The van der Waals surface area contributed by atoms with E-state index in [0.29, 0.717) is 0 Å². The smallest absolute Gasteiger partial charge is 0.0681 e. The van der Waals surface area contributed by atoms with Gasteiger partial charge in [0.05, 0.1) is 6.61 Å². The van der Waals surface area contributed by atoms with Crippen LogP contribution < -0.4 is 5.32 Å². The molecule has 20 heavy (non-hydrogen) atoms. The molecule has 108 valence electrons. The fraction of sp³-hybridized carbons (Fsp3) is 0.333. The molecule has 1 aromatic rings. The summed E-state index contributed by atoms with van der Waals surface area (Å²) in [4.78, 5) is 0. The normalized spacial score (nSPS) is 11.5. The van der Waals surface area contributed by atoms with Crippen molar-refractivity contribution in [2.75, 3.05) is 6.54 Å². The number of aryl methyl sites for hydroxylation is 1. The van der Waals surface area contributed by atoms with Crippen LogP contribution in [0.4, 0.5) is 0 Å². The van der Waals surface area contributed by atoms with E-state index in [1.54, 1.807) is 6.08 Å². The van der Waals surface area contributed by atoms with Crippen LogP contribution in [0, 0.1) is 6.92 Å². The summed E-state index contributed by atoms with van der Waals surface area (Å²) < 4.78 is 0. The van der Waals surface area contributed by atoms with Crippen molar-refractivity contribution in [1.29, 1.82) is 0 Å². The Balaban J connectivity index is 2.21. The summed E-state index contributed by atoms with van der Waals surface area (Å²) in [7, 11) is 0. The summed E-state index contributed by atoms with van der Waals surface area (Å²) in [5.74, 6) is 0. The van der Waals surface area contributed by atoms with Crippen molar-refractivity contribution in [3.63, 3.8) is 0 Å². The number of aliphatic hydroxyl groups is 1. The zero-order valence-electron chi connectivity index (χ0n) is 12.3. The average Bonchev–Trinajstić information content (AvgIpc) is 2.47. The van der Waals surface area contributed by atoms with E-state index in [0.717, 1.165) is 31.5 Å². The lowest BCUT2D eigenvalue weighted by Crippen LogP contribution is -2.14. The number of aliphatic hydroxyl groups excluding tert-OH is 1. The summed E-state index contributed by atoms with van der Waals surface area (Å²) in [6.07, 6.45) is 12.2. The molecule has 0 atom stereocenters. The van der Waals surface area contributed by atoms with E-state index in [9.17, 15) is 0 Å². The predicted octanol–water partition coefficient (Wildman–Crippen LogP) is 3.66. The summed E-state index contributed by atoms with van der Waals surface area (Å²) >= 11 is 0. The Hall–Kier alpha value is -1.64. The molecule has 0 spiro atoms. The summed E-state index contributed by atoms with van der Waals surface area (Å²) in [6, 6.07) is 6.11. The van der Waals surface area contributed by atoms with E-state index in [4.69, 9.17) is 5.11 Å². The fourth-order valence-corrected chi connectivity index (χ4v) is 1.93. The van der Waals surface area contributed by atoms with Crippen LogP contribution >= 0.6 is 0 Å². The zero-order valence-corrected chi connectivity index (χ0v) is 12.3. The van der Waals surface area contributed by atoms with E-state index in [-0.39, 0.29) is 6.61 Å². The molecule has 0 aliphatic rings. The topological polar surface area (TPSA) is 32.3 Å². The monoisotopic (exact) mass is 271 g/mol. The largest absolute Gasteiger partial charge is 0.392 e. The Morgan fingerprint density at radius 2 is 2.10 bits per heavy atom. The Morgan fingerprint density at radius 1 is 1.25 bits per heavy atom. The fourth-order valence-electron chi connectivity index (χ4n) is 1.93. The Morgan fingerprint density at radius 3 is 2.80 bits per heavy atom. The molecular formula is C18H25NO. The van der Waals surface area contributed by atoms with Crippen LogP contribution in [0.5, 0.6) is 0 Å². The number of nitrogens with one attached hydrogen (secondary N) is 1. The van der Waals surface area contributed by atoms with Gasteiger partial charge in [-0.25, -0.2) is 0 Å². The van der Waals surface area contributed by atoms with Crippen molar-refractivity contribution in [2.24, 2.45) is 0 Å². The van der Waals surface area contributed by atoms with Gasteiger partial charge >= 0.3 is 0 Å². The van der Waals surface area contributed by atoms with E-state index < -0.39 is 0 Å². The molecule has 2 nitrogen and oxygen atoms in total. The summed E-state index contributed by atoms with van der Waals surface area (Å²) in [5.41, 5.74) is 3.50. The molecule has 0 aliphatic heterocycles. The minimum Gasteiger partial charge on any atom is -0.392 e. The van der Waals surface area contributed by atoms with Crippen molar-refractivity contribution in [2.45, 2.75) is 32.9 Å². The van der Waals surface area contributed by atoms with Crippen LogP contribution in [0.3, 0.4) is 0 Å². The third-order valence-corrected chi connectivity index (χ3v) is 3.10. The minimum atomic E-state index is 0.111. The summed E-state index contributed by atoms with van der Waals surface area (Å²) in [6.45, 7) is 7.68. The minimum absolute atomic E-state index is 0.111. The van der Waals surface area contributed by atoms with Gasteiger partial charge in [-0.05, 0) is 43.0 Å². The third-order valence-electron chi connectivity index (χ3n) is 3.10. The lowest BCUT2D eigenvalue weighted by molar-refractivity contribution is 0.281. The highest BCUT2D eigenvalue weighted by atomic mass is 16.3. The maximum absolute atomic E-state index is 9.07. The van der Waals surface area contributed by atoms with Crippen molar-refractivity contribution in [1.82, 2.24) is 5.32 Å². The van der Waals surface area contributed by atoms with Gasteiger partial charge in [0.2, 0.25) is 0 Å². The molecular weight excluding hydrogens is 246 g/mol. The van der Waals surface area contributed by atoms with Gasteiger partial charge in [-0.3, -0.25) is 0 Å². The van der Waals surface area contributed by atoms with Crippen LogP contribution in [0.25, 0.3) is 0 Å². The maximum atomic E-state index is 9.07. The molecule has 0 radical (unpaired) electrons. The first kappa shape index (κ1) is 16.4. The third kappa shape index (κ3) is 6.50. The highest BCUT2D eigenvalue weighted by molar-refractivity contribution is 5.30. The first-order chi connectivity index (χ1) is 9.77. The van der Waals surface area contributed by atoms with Gasteiger partial charge in [0.15, 0.2) is 0 Å². The highest BCUT2D eigenvalue weighted by Gasteiger charge is 1.99. The van der Waals surface area contributed by atoms with Crippen molar-refractivity contribution < 1.29 is 5.11 Å². The van der Waals surface area contributed by atoms with Crippen LogP contribution in [-0.4, -0.2) is 11.7 Å². The molecule has 1 aromatic carbocycles. The standard InChI is InChI=1S/C18H25NO/c1-3-4-5-6-7-8-9-12-19-14-18-11-10-17(15-20)13-16(18)2/h3-5,7-8,10-11,13,19-20H,1,6,9,12,14-15H2,2H3/b5-4-,8-7-. The highest BCUT2D eigenvalue weighted by Crippen LogP contribution is 2.10. The maximum Gasteiger partial charge on any atom is 0.0681 e. The van der Waals surface area contributed by atoms with Gasteiger partial charge in [-0.15, -0.1) is 0 Å². The van der Waals surface area contributed by atoms with E-state index in [1.165, 1.54) is 11.1 Å². The lowest BCUT2D eigenvalue weighted by Gasteiger charge is -2.08. The Kier molecular flexibility index (Phi) is 8.36. The SMILES string of the molecule is C=C/C=C\C/C=C\CCNCc1ccc(CO)cc1C. The first-order valence-electron chi connectivity index (χ1n) is 7.10. The average molecular weight is 271 g/mol. The number of hydrogen-bond donors (Lipinski definition) is 2. The van der Waals surface area contributed by atoms with Crippen molar-refractivity contribution >= 4 is 0 Å². The van der Waals surface area contributed by atoms with Gasteiger partial charge in [0.1, 0.15) is 0 Å². The van der Waals surface area contributed by atoms with Crippen LogP contribution in [-0.2, 0) is 13.2 Å². The van der Waals surface area contributed by atoms with Gasteiger partial charge in [-0.1, -0.05) is 55.2 Å². The molecule has 0 unspecified atom stereocenters. The van der Waals surface area contributed by atoms with Crippen LogP contribution in [0.1, 0.15) is 29.5 Å². The van der Waals surface area contributed by atoms with Gasteiger partial charge in [0, 0.05) is 6.54 Å². The van der Waals surface area contributed by atoms with E-state index in [1.807, 2.05) is 18.2 Å². The van der Waals surface area contributed by atoms with Gasteiger partial charge in [-0.2, -0.15) is 0 Å². The molecule has 0 saturated heterocycles. The number of allylic oxidation sites excluding steroid dienone is 4. The molecule has 0 aliphatic carbocycles. The molecule has 1 rings (SSSR count). The number of benzene rings is 1. The second-order valence-electron chi connectivity index (χ2n) is 4.76. The quantitative estimate of drug-likeness (QED) is 0.408. The number of hydrogen-bond acceptors (Lipinski definition) is 2. The molecule has 0 amide bonds. The molecule has 0 fully saturated rings. The molecule has 0 aromatic heterocycles. The van der Waals surface area contributed by atoms with E-state index >= 15 is 0 Å². The van der Waals surface area contributed by atoms with Crippen molar-refractivity contribution in [3.8, 4) is 0 Å². The zero-order chi connectivity index (χ0) is 14.6. The second kappa shape index (κ2) is 10.2. The second-order valence-corrected chi connectivity index (χ2v) is 4.76. The molecule has 2 heteroatoms. The Labute approximate surface area is 122 Å². The molecule has 0 heterocycles.